The minimum Gasteiger partial charge on any atom is -0.508 e. The fourth-order valence-electron chi connectivity index (χ4n) is 2.35. The highest BCUT2D eigenvalue weighted by atomic mass is 16.7. The predicted molar refractivity (Wildman–Crippen MR) is 83.0 cm³/mol. The molecule has 0 radical (unpaired) electrons. The highest BCUT2D eigenvalue weighted by molar-refractivity contribution is 5.89. The molecule has 1 aliphatic heterocycles. The Bertz CT molecular complexity index is 638. The van der Waals surface area contributed by atoms with Crippen molar-refractivity contribution in [3.8, 4) is 5.75 Å². The van der Waals surface area contributed by atoms with E-state index in [2.05, 4.69) is 0 Å². The van der Waals surface area contributed by atoms with E-state index in [4.69, 9.17) is 14.2 Å². The Morgan fingerprint density at radius 2 is 1.87 bits per heavy atom. The number of esters is 1. The molecule has 1 unspecified atom stereocenters. The average Bonchev–Trinajstić information content (AvgIpc) is 2.61. The molecule has 0 amide bonds. The first kappa shape index (κ1) is 15.5. The molecular weight excluding hydrogens is 296 g/mol. The summed E-state index contributed by atoms with van der Waals surface area (Å²) in [4.78, 5) is 12.0. The number of phenolic OH excluding ortho intramolecular Hbond substituents is 1. The van der Waals surface area contributed by atoms with Crippen molar-refractivity contribution < 1.29 is 24.1 Å². The largest absolute Gasteiger partial charge is 0.508 e. The van der Waals surface area contributed by atoms with Crippen LogP contribution in [0.5, 0.6) is 5.75 Å². The van der Waals surface area contributed by atoms with Gasteiger partial charge in [0.1, 0.15) is 12.4 Å². The first-order chi connectivity index (χ1) is 11.2. The third kappa shape index (κ3) is 4.09. The second-order valence-corrected chi connectivity index (χ2v) is 5.31. The van der Waals surface area contributed by atoms with Gasteiger partial charge >= 0.3 is 5.97 Å². The Hall–Kier alpha value is -2.37. The highest BCUT2D eigenvalue weighted by Crippen LogP contribution is 2.26. The van der Waals surface area contributed by atoms with E-state index in [1.54, 1.807) is 0 Å². The molecule has 1 saturated heterocycles. The molecule has 5 nitrogen and oxygen atoms in total. The van der Waals surface area contributed by atoms with Gasteiger partial charge in [0.05, 0.1) is 18.3 Å². The van der Waals surface area contributed by atoms with E-state index < -0.39 is 12.3 Å². The lowest BCUT2D eigenvalue weighted by Crippen LogP contribution is -2.31. The van der Waals surface area contributed by atoms with Crippen molar-refractivity contribution in [2.75, 3.05) is 13.2 Å². The normalized spacial score (nSPS) is 20.9. The maximum atomic E-state index is 12.0. The molecule has 0 aliphatic carbocycles. The first-order valence-electron chi connectivity index (χ1n) is 7.50. The molecule has 0 bridgehead atoms. The zero-order chi connectivity index (χ0) is 16.1. The number of aromatic hydroxyl groups is 1. The van der Waals surface area contributed by atoms with Crippen molar-refractivity contribution in [1.29, 1.82) is 0 Å². The van der Waals surface area contributed by atoms with Gasteiger partial charge in [0.15, 0.2) is 6.29 Å². The number of benzene rings is 2. The molecule has 0 spiro atoms. The third-order valence-corrected chi connectivity index (χ3v) is 3.60. The summed E-state index contributed by atoms with van der Waals surface area (Å²) in [5, 5.41) is 9.22. The Morgan fingerprint density at radius 1 is 1.13 bits per heavy atom. The molecule has 1 aliphatic rings. The average molecular weight is 314 g/mol. The van der Waals surface area contributed by atoms with Crippen molar-refractivity contribution in [3.05, 3.63) is 65.7 Å². The van der Waals surface area contributed by atoms with Crippen LogP contribution >= 0.6 is 0 Å². The maximum Gasteiger partial charge on any atom is 0.338 e. The highest BCUT2D eigenvalue weighted by Gasteiger charge is 2.25. The van der Waals surface area contributed by atoms with Crippen LogP contribution in [0.2, 0.25) is 0 Å². The van der Waals surface area contributed by atoms with E-state index in [0.717, 1.165) is 5.56 Å². The number of carbonyl (C=O) groups excluding carboxylic acids is 1. The van der Waals surface area contributed by atoms with Crippen molar-refractivity contribution in [1.82, 2.24) is 0 Å². The third-order valence-electron chi connectivity index (χ3n) is 3.60. The zero-order valence-electron chi connectivity index (χ0n) is 12.6. The summed E-state index contributed by atoms with van der Waals surface area (Å²) in [6.07, 6.45) is 0.0454. The number of ether oxygens (including phenoxy) is 3. The van der Waals surface area contributed by atoms with Gasteiger partial charge in [-0.15, -0.1) is 0 Å². The second kappa shape index (κ2) is 7.26. The number of phenols is 1. The molecule has 0 aromatic heterocycles. The van der Waals surface area contributed by atoms with E-state index in [1.807, 2.05) is 30.3 Å². The van der Waals surface area contributed by atoms with Gasteiger partial charge < -0.3 is 19.3 Å². The molecule has 120 valence electrons. The van der Waals surface area contributed by atoms with E-state index >= 15 is 0 Å². The predicted octanol–water partition coefficient (Wildman–Crippen LogP) is 3.05. The lowest BCUT2D eigenvalue weighted by molar-refractivity contribution is -0.224. The van der Waals surface area contributed by atoms with Crippen LogP contribution in [0.3, 0.4) is 0 Å². The Kier molecular flexibility index (Phi) is 4.90. The SMILES string of the molecule is O=C(OC[C@@H]1CCOC(c2ccccc2)O1)c1ccc(O)cc1. The first-order valence-corrected chi connectivity index (χ1v) is 7.50. The van der Waals surface area contributed by atoms with Gasteiger partial charge in [-0.1, -0.05) is 30.3 Å². The lowest BCUT2D eigenvalue weighted by Gasteiger charge is -2.30. The zero-order valence-corrected chi connectivity index (χ0v) is 12.6. The van der Waals surface area contributed by atoms with Gasteiger partial charge in [-0.05, 0) is 24.3 Å². The maximum absolute atomic E-state index is 12.0. The van der Waals surface area contributed by atoms with Gasteiger partial charge in [0, 0.05) is 12.0 Å². The Labute approximate surface area is 134 Å². The molecule has 1 N–H and O–H groups in total. The van der Waals surface area contributed by atoms with Gasteiger partial charge in [0.2, 0.25) is 0 Å². The summed E-state index contributed by atoms with van der Waals surface area (Å²) >= 11 is 0. The molecule has 5 heteroatoms. The smallest absolute Gasteiger partial charge is 0.338 e. The monoisotopic (exact) mass is 314 g/mol. The summed E-state index contributed by atoms with van der Waals surface area (Å²) in [7, 11) is 0. The van der Waals surface area contributed by atoms with Crippen LogP contribution in [0.1, 0.15) is 28.6 Å². The molecule has 0 saturated carbocycles. The molecule has 1 heterocycles. The van der Waals surface area contributed by atoms with Gasteiger partial charge in [-0.25, -0.2) is 4.79 Å². The van der Waals surface area contributed by atoms with Gasteiger partial charge in [-0.3, -0.25) is 0 Å². The Morgan fingerprint density at radius 3 is 2.61 bits per heavy atom. The van der Waals surface area contributed by atoms with Crippen LogP contribution < -0.4 is 0 Å². The number of rotatable bonds is 4. The molecule has 2 aromatic carbocycles. The fourth-order valence-corrected chi connectivity index (χ4v) is 2.35. The molecule has 3 rings (SSSR count). The minimum absolute atomic E-state index is 0.111. The quantitative estimate of drug-likeness (QED) is 0.879. The van der Waals surface area contributed by atoms with Gasteiger partial charge in [-0.2, -0.15) is 0 Å². The topological polar surface area (TPSA) is 65.0 Å². The van der Waals surface area contributed by atoms with Crippen molar-refractivity contribution in [2.24, 2.45) is 0 Å². The summed E-state index contributed by atoms with van der Waals surface area (Å²) in [6.45, 7) is 0.730. The van der Waals surface area contributed by atoms with E-state index in [0.29, 0.717) is 18.6 Å². The Balaban J connectivity index is 1.54. The van der Waals surface area contributed by atoms with Crippen LogP contribution in [0.4, 0.5) is 0 Å². The lowest BCUT2D eigenvalue weighted by atomic mass is 10.2. The van der Waals surface area contributed by atoms with Crippen LogP contribution in [-0.2, 0) is 14.2 Å². The van der Waals surface area contributed by atoms with Crippen molar-refractivity contribution in [3.63, 3.8) is 0 Å². The summed E-state index contributed by atoms with van der Waals surface area (Å²) in [5.74, 6) is -0.323. The summed E-state index contributed by atoms with van der Waals surface area (Å²) in [6, 6.07) is 15.6. The minimum atomic E-state index is -0.434. The summed E-state index contributed by atoms with van der Waals surface area (Å²) in [5.41, 5.74) is 1.34. The number of carbonyl (C=O) groups is 1. The molecule has 1 fully saturated rings. The number of hydrogen-bond donors (Lipinski definition) is 1. The number of hydrogen-bond acceptors (Lipinski definition) is 5. The summed E-state index contributed by atoms with van der Waals surface area (Å²) < 4.78 is 16.7. The molecule has 23 heavy (non-hydrogen) atoms. The van der Waals surface area contributed by atoms with E-state index in [1.165, 1.54) is 24.3 Å². The molecule has 2 aromatic rings. The molecular formula is C18H18O5. The van der Waals surface area contributed by atoms with Crippen molar-refractivity contribution in [2.45, 2.75) is 18.8 Å². The molecule has 2 atom stereocenters. The van der Waals surface area contributed by atoms with Crippen LogP contribution in [0.15, 0.2) is 54.6 Å². The van der Waals surface area contributed by atoms with Crippen LogP contribution in [0, 0.1) is 0 Å². The van der Waals surface area contributed by atoms with Gasteiger partial charge in [0.25, 0.3) is 0 Å². The fraction of sp³-hybridized carbons (Fsp3) is 0.278. The standard InChI is InChI=1S/C18H18O5/c19-15-8-6-13(7-9-15)17(20)22-12-16-10-11-21-18(23-16)14-4-2-1-3-5-14/h1-9,16,18-19H,10-12H2/t16-,18?/m0/s1. The second-order valence-electron chi connectivity index (χ2n) is 5.31. The van der Waals surface area contributed by atoms with Crippen LogP contribution in [0.25, 0.3) is 0 Å². The van der Waals surface area contributed by atoms with E-state index in [9.17, 15) is 9.90 Å². The van der Waals surface area contributed by atoms with E-state index in [-0.39, 0.29) is 18.5 Å². The van der Waals surface area contributed by atoms with Crippen LogP contribution in [-0.4, -0.2) is 30.4 Å². The van der Waals surface area contributed by atoms with Crippen molar-refractivity contribution >= 4 is 5.97 Å².